The van der Waals surface area contributed by atoms with Crippen LogP contribution < -0.4 is 10.1 Å². The third-order valence-electron chi connectivity index (χ3n) is 4.17. The van der Waals surface area contributed by atoms with Crippen molar-refractivity contribution in [3.05, 3.63) is 29.8 Å². The molecule has 2 rings (SSSR count). The Balaban J connectivity index is 2.05. The van der Waals surface area contributed by atoms with Crippen molar-refractivity contribution in [2.75, 3.05) is 13.7 Å². The van der Waals surface area contributed by atoms with E-state index in [2.05, 4.69) is 50.5 Å². The van der Waals surface area contributed by atoms with E-state index in [0.29, 0.717) is 11.5 Å². The van der Waals surface area contributed by atoms with Gasteiger partial charge in [-0.05, 0) is 55.8 Å². The highest BCUT2D eigenvalue weighted by Crippen LogP contribution is 2.41. The molecular weight excluding hydrogens is 222 g/mol. The van der Waals surface area contributed by atoms with Gasteiger partial charge in [0.1, 0.15) is 5.75 Å². The van der Waals surface area contributed by atoms with Crippen LogP contribution in [0.3, 0.4) is 0 Å². The van der Waals surface area contributed by atoms with E-state index >= 15 is 0 Å². The summed E-state index contributed by atoms with van der Waals surface area (Å²) in [6, 6.07) is 9.38. The second-order valence-corrected chi connectivity index (χ2v) is 5.66. The summed E-state index contributed by atoms with van der Waals surface area (Å²) in [6.45, 7) is 5.32. The highest BCUT2D eigenvalue weighted by Gasteiger charge is 2.35. The lowest BCUT2D eigenvalue weighted by molar-refractivity contribution is 0.317. The Bertz CT molecular complexity index is 373. The molecule has 1 aliphatic carbocycles. The van der Waals surface area contributed by atoms with Gasteiger partial charge in [-0.1, -0.05) is 26.0 Å². The van der Waals surface area contributed by atoms with E-state index in [4.69, 9.17) is 4.74 Å². The van der Waals surface area contributed by atoms with Crippen LogP contribution in [0.1, 0.15) is 45.1 Å². The van der Waals surface area contributed by atoms with Crippen molar-refractivity contribution >= 4 is 0 Å². The summed E-state index contributed by atoms with van der Waals surface area (Å²) in [6.07, 6.45) is 4.84. The van der Waals surface area contributed by atoms with E-state index in [1.807, 2.05) is 0 Å². The largest absolute Gasteiger partial charge is 0.494 e. The van der Waals surface area contributed by atoms with Crippen LogP contribution in [-0.4, -0.2) is 19.7 Å². The fraction of sp³-hybridized carbons (Fsp3) is 0.625. The van der Waals surface area contributed by atoms with E-state index in [9.17, 15) is 0 Å². The number of benzene rings is 1. The zero-order valence-corrected chi connectivity index (χ0v) is 11.8. The molecule has 2 atom stereocenters. The van der Waals surface area contributed by atoms with Gasteiger partial charge in [0.25, 0.3) is 0 Å². The molecule has 0 aliphatic heterocycles. The minimum absolute atomic E-state index is 0.330. The van der Waals surface area contributed by atoms with Gasteiger partial charge in [-0.15, -0.1) is 0 Å². The van der Waals surface area contributed by atoms with Gasteiger partial charge in [0.2, 0.25) is 0 Å². The van der Waals surface area contributed by atoms with Gasteiger partial charge in [0, 0.05) is 6.04 Å². The fourth-order valence-corrected chi connectivity index (χ4v) is 2.92. The van der Waals surface area contributed by atoms with Crippen LogP contribution in [0.2, 0.25) is 0 Å². The first-order chi connectivity index (χ1) is 8.68. The number of rotatable bonds is 5. The maximum Gasteiger partial charge on any atom is 0.119 e. The molecule has 0 amide bonds. The Kier molecular flexibility index (Phi) is 4.28. The lowest BCUT2D eigenvalue weighted by Crippen LogP contribution is -2.25. The minimum atomic E-state index is 0.330. The van der Waals surface area contributed by atoms with Crippen molar-refractivity contribution in [1.29, 1.82) is 0 Å². The van der Waals surface area contributed by atoms with Crippen LogP contribution in [0.5, 0.6) is 5.75 Å². The van der Waals surface area contributed by atoms with Crippen LogP contribution in [0, 0.1) is 0 Å². The number of ether oxygens (including phenoxy) is 1. The summed E-state index contributed by atoms with van der Waals surface area (Å²) in [5, 5.41) is 3.40. The third kappa shape index (κ3) is 2.86. The summed E-state index contributed by atoms with van der Waals surface area (Å²) in [7, 11) is 2.07. The van der Waals surface area contributed by atoms with Crippen molar-refractivity contribution in [2.45, 2.75) is 51.0 Å². The predicted molar refractivity (Wildman–Crippen MR) is 76.3 cm³/mol. The van der Waals surface area contributed by atoms with Crippen LogP contribution >= 0.6 is 0 Å². The lowest BCUT2D eigenvalue weighted by Gasteiger charge is -2.25. The minimum Gasteiger partial charge on any atom is -0.494 e. The number of hydrogen-bond donors (Lipinski definition) is 1. The zero-order chi connectivity index (χ0) is 13.0. The average Bonchev–Trinajstić information content (AvgIpc) is 2.80. The molecule has 1 aromatic carbocycles. The lowest BCUT2D eigenvalue weighted by atomic mass is 9.81. The van der Waals surface area contributed by atoms with Gasteiger partial charge in [-0.3, -0.25) is 0 Å². The predicted octanol–water partition coefficient (Wildman–Crippen LogP) is 3.51. The first-order valence-corrected chi connectivity index (χ1v) is 7.08. The Morgan fingerprint density at radius 2 is 2.06 bits per heavy atom. The number of hydrogen-bond acceptors (Lipinski definition) is 2. The van der Waals surface area contributed by atoms with Crippen molar-refractivity contribution in [3.8, 4) is 5.75 Å². The van der Waals surface area contributed by atoms with Crippen LogP contribution in [0.4, 0.5) is 0 Å². The Morgan fingerprint density at radius 1 is 1.33 bits per heavy atom. The average molecular weight is 247 g/mol. The third-order valence-corrected chi connectivity index (χ3v) is 4.17. The van der Waals surface area contributed by atoms with Crippen LogP contribution in [0.25, 0.3) is 0 Å². The molecule has 1 aromatic rings. The highest BCUT2D eigenvalue weighted by atomic mass is 16.5. The molecule has 100 valence electrons. The maximum absolute atomic E-state index is 5.64. The topological polar surface area (TPSA) is 21.3 Å². The van der Waals surface area contributed by atoms with Crippen molar-refractivity contribution in [1.82, 2.24) is 5.32 Å². The Hall–Kier alpha value is -1.02. The number of nitrogens with one attached hydrogen (secondary N) is 1. The van der Waals surface area contributed by atoms with Gasteiger partial charge in [-0.25, -0.2) is 0 Å². The van der Waals surface area contributed by atoms with Crippen molar-refractivity contribution < 1.29 is 4.74 Å². The molecule has 2 heteroatoms. The molecule has 1 N–H and O–H groups in total. The van der Waals surface area contributed by atoms with E-state index < -0.39 is 0 Å². The molecule has 1 saturated carbocycles. The summed E-state index contributed by atoms with van der Waals surface area (Å²) < 4.78 is 5.64. The normalized spacial score (nSPS) is 27.4. The zero-order valence-electron chi connectivity index (χ0n) is 11.8. The van der Waals surface area contributed by atoms with Gasteiger partial charge in [-0.2, -0.15) is 0 Å². The smallest absolute Gasteiger partial charge is 0.119 e. The van der Waals surface area contributed by atoms with E-state index in [1.165, 1.54) is 24.8 Å². The summed E-state index contributed by atoms with van der Waals surface area (Å²) in [5.41, 5.74) is 1.78. The fourth-order valence-electron chi connectivity index (χ4n) is 2.92. The van der Waals surface area contributed by atoms with Crippen molar-refractivity contribution in [3.63, 3.8) is 0 Å². The molecule has 0 saturated heterocycles. The molecule has 1 aliphatic rings. The molecule has 2 nitrogen and oxygen atoms in total. The Labute approximate surface area is 111 Å². The highest BCUT2D eigenvalue weighted by molar-refractivity contribution is 5.33. The molecule has 0 spiro atoms. The molecular formula is C16H25NO. The molecule has 1 fully saturated rings. The molecule has 18 heavy (non-hydrogen) atoms. The standard InChI is InChI=1S/C16H25NO/c1-4-11-18-15-7-5-13(6-8-15)16(2)10-9-14(12-16)17-3/h5-8,14,17H,4,9-12H2,1-3H3. The second-order valence-electron chi connectivity index (χ2n) is 5.66. The quantitative estimate of drug-likeness (QED) is 0.859. The van der Waals surface area contributed by atoms with E-state index in [1.54, 1.807) is 0 Å². The molecule has 0 aromatic heterocycles. The summed E-state index contributed by atoms with van der Waals surface area (Å²) in [5.74, 6) is 0.993. The van der Waals surface area contributed by atoms with Gasteiger partial charge >= 0.3 is 0 Å². The second kappa shape index (κ2) is 5.75. The summed E-state index contributed by atoms with van der Waals surface area (Å²) in [4.78, 5) is 0. The monoisotopic (exact) mass is 247 g/mol. The van der Waals surface area contributed by atoms with Gasteiger partial charge < -0.3 is 10.1 Å². The maximum atomic E-state index is 5.64. The van der Waals surface area contributed by atoms with Gasteiger partial charge in [0.05, 0.1) is 6.61 Å². The first kappa shape index (κ1) is 13.4. The molecule has 0 heterocycles. The van der Waals surface area contributed by atoms with Crippen molar-refractivity contribution in [2.24, 2.45) is 0 Å². The first-order valence-electron chi connectivity index (χ1n) is 7.08. The van der Waals surface area contributed by atoms with E-state index in [-0.39, 0.29) is 0 Å². The Morgan fingerprint density at radius 3 is 2.61 bits per heavy atom. The SMILES string of the molecule is CCCOc1ccc(C2(C)CCC(NC)C2)cc1. The van der Waals surface area contributed by atoms with Crippen LogP contribution in [-0.2, 0) is 5.41 Å². The molecule has 0 radical (unpaired) electrons. The van der Waals surface area contributed by atoms with Crippen LogP contribution in [0.15, 0.2) is 24.3 Å². The molecule has 2 unspecified atom stereocenters. The van der Waals surface area contributed by atoms with Gasteiger partial charge in [0.15, 0.2) is 0 Å². The molecule has 0 bridgehead atoms. The summed E-state index contributed by atoms with van der Waals surface area (Å²) >= 11 is 0. The van der Waals surface area contributed by atoms with E-state index in [0.717, 1.165) is 18.8 Å².